The first-order valence-corrected chi connectivity index (χ1v) is 6.82. The van der Waals surface area contributed by atoms with Crippen molar-refractivity contribution in [3.63, 3.8) is 0 Å². The molecule has 0 aliphatic rings. The number of hydrogen-bond acceptors (Lipinski definition) is 4. The second-order valence-electron chi connectivity index (χ2n) is 4.61. The highest BCUT2D eigenvalue weighted by Gasteiger charge is 2.20. The van der Waals surface area contributed by atoms with E-state index in [0.717, 1.165) is 0 Å². The Hall–Kier alpha value is -0.550. The summed E-state index contributed by atoms with van der Waals surface area (Å²) in [5, 5.41) is -0.301. The Morgan fingerprint density at radius 1 is 1.00 bits per heavy atom. The van der Waals surface area contributed by atoms with Gasteiger partial charge in [0, 0.05) is 0 Å². The molecule has 0 atom stereocenters. The minimum Gasteiger partial charge on any atom is -0.461 e. The molecule has 4 nitrogen and oxygen atoms in total. The Morgan fingerprint density at radius 2 is 1.39 bits per heavy atom. The summed E-state index contributed by atoms with van der Waals surface area (Å²) < 4.78 is 9.71. The fraction of sp³-hybridized carbons (Fsp3) is 0.667. The molecular formula is C12H18BrClO4. The smallest absolute Gasteiger partial charge is 0.351 e. The summed E-state index contributed by atoms with van der Waals surface area (Å²) in [6, 6.07) is 0. The topological polar surface area (TPSA) is 52.6 Å². The third-order valence-corrected chi connectivity index (χ3v) is 2.94. The molecule has 0 rings (SSSR count). The molecule has 0 saturated heterocycles. The van der Waals surface area contributed by atoms with E-state index in [1.165, 1.54) is 0 Å². The number of rotatable bonds is 6. The Bertz CT molecular complexity index is 305. The van der Waals surface area contributed by atoms with Gasteiger partial charge < -0.3 is 9.47 Å². The van der Waals surface area contributed by atoms with Gasteiger partial charge in [0.25, 0.3) is 0 Å². The number of carbonyl (C=O) groups excluding carboxylic acids is 2. The first kappa shape index (κ1) is 17.4. The van der Waals surface area contributed by atoms with Crippen LogP contribution in [0.1, 0.15) is 27.7 Å². The molecule has 0 N–H and O–H groups in total. The average Bonchev–Trinajstić information content (AvgIpc) is 2.30. The highest BCUT2D eigenvalue weighted by Crippen LogP contribution is 2.19. The molecule has 0 spiro atoms. The van der Waals surface area contributed by atoms with Gasteiger partial charge in [-0.05, 0) is 27.8 Å². The van der Waals surface area contributed by atoms with Gasteiger partial charge in [-0.2, -0.15) is 0 Å². The van der Waals surface area contributed by atoms with Gasteiger partial charge in [0.1, 0.15) is 9.51 Å². The Labute approximate surface area is 121 Å². The van der Waals surface area contributed by atoms with Crippen molar-refractivity contribution >= 4 is 39.5 Å². The molecule has 0 heterocycles. The number of halogens is 2. The van der Waals surface area contributed by atoms with Crippen molar-refractivity contribution in [2.75, 3.05) is 13.2 Å². The van der Waals surface area contributed by atoms with E-state index in [1.807, 2.05) is 27.7 Å². The molecule has 0 bridgehead atoms. The van der Waals surface area contributed by atoms with E-state index >= 15 is 0 Å². The number of ether oxygens (including phenoxy) is 2. The first-order chi connectivity index (χ1) is 8.25. The molecular weight excluding hydrogens is 323 g/mol. The summed E-state index contributed by atoms with van der Waals surface area (Å²) in [5.41, 5.74) is 0. The Kier molecular flexibility index (Phi) is 8.27. The third-order valence-electron chi connectivity index (χ3n) is 1.65. The van der Waals surface area contributed by atoms with E-state index in [2.05, 4.69) is 15.9 Å². The summed E-state index contributed by atoms with van der Waals surface area (Å²) in [7, 11) is 0. The van der Waals surface area contributed by atoms with Crippen LogP contribution in [0, 0.1) is 11.8 Å². The van der Waals surface area contributed by atoms with Crippen molar-refractivity contribution in [3.05, 3.63) is 9.51 Å². The quantitative estimate of drug-likeness (QED) is 0.550. The first-order valence-electron chi connectivity index (χ1n) is 5.65. The molecule has 18 heavy (non-hydrogen) atoms. The standard InChI is InChI=1S/C12H18BrClO4/c1-7(2)5-17-11(15)9(13)10(14)12(16)18-6-8(3)4/h7-8H,5-6H2,1-4H3/b10-9-. The SMILES string of the molecule is CC(C)COC(=O)/C(Cl)=C(/Br)C(=O)OCC(C)C. The molecule has 0 unspecified atom stereocenters. The summed E-state index contributed by atoms with van der Waals surface area (Å²) in [5.74, 6) is -1.00. The maximum absolute atomic E-state index is 11.5. The molecule has 0 aromatic rings. The summed E-state index contributed by atoms with van der Waals surface area (Å²) in [4.78, 5) is 23.0. The molecule has 0 aliphatic carbocycles. The average molecular weight is 342 g/mol. The summed E-state index contributed by atoms with van der Waals surface area (Å²) in [6.45, 7) is 8.12. The number of hydrogen-bond donors (Lipinski definition) is 0. The number of carbonyl (C=O) groups is 2. The van der Waals surface area contributed by atoms with Crippen LogP contribution < -0.4 is 0 Å². The van der Waals surface area contributed by atoms with Crippen LogP contribution in [0.2, 0.25) is 0 Å². The fourth-order valence-corrected chi connectivity index (χ4v) is 1.20. The van der Waals surface area contributed by atoms with E-state index in [9.17, 15) is 9.59 Å². The van der Waals surface area contributed by atoms with Gasteiger partial charge in [0.2, 0.25) is 0 Å². The Morgan fingerprint density at radius 3 is 1.78 bits per heavy atom. The zero-order chi connectivity index (χ0) is 14.3. The van der Waals surface area contributed by atoms with Gasteiger partial charge in [0.15, 0.2) is 0 Å². The van der Waals surface area contributed by atoms with Crippen molar-refractivity contribution in [3.8, 4) is 0 Å². The monoisotopic (exact) mass is 340 g/mol. The molecule has 0 fully saturated rings. The second-order valence-corrected chi connectivity index (χ2v) is 5.78. The van der Waals surface area contributed by atoms with E-state index in [4.69, 9.17) is 21.1 Å². The maximum Gasteiger partial charge on any atom is 0.351 e. The predicted molar refractivity (Wildman–Crippen MR) is 73.4 cm³/mol. The lowest BCUT2D eigenvalue weighted by molar-refractivity contribution is -0.142. The largest absolute Gasteiger partial charge is 0.461 e. The summed E-state index contributed by atoms with van der Waals surface area (Å²) >= 11 is 8.67. The van der Waals surface area contributed by atoms with Crippen LogP contribution in [0.5, 0.6) is 0 Å². The van der Waals surface area contributed by atoms with E-state index in [0.29, 0.717) is 0 Å². The van der Waals surface area contributed by atoms with Crippen molar-refractivity contribution in [2.24, 2.45) is 11.8 Å². The van der Waals surface area contributed by atoms with E-state index in [1.54, 1.807) is 0 Å². The molecule has 0 saturated carbocycles. The third kappa shape index (κ3) is 7.01. The Balaban J connectivity index is 4.49. The maximum atomic E-state index is 11.5. The zero-order valence-electron chi connectivity index (χ0n) is 11.0. The molecule has 6 heteroatoms. The molecule has 0 aromatic heterocycles. The van der Waals surface area contributed by atoms with E-state index in [-0.39, 0.29) is 34.6 Å². The van der Waals surface area contributed by atoms with Crippen LogP contribution >= 0.6 is 27.5 Å². The fourth-order valence-electron chi connectivity index (χ4n) is 0.791. The van der Waals surface area contributed by atoms with Crippen molar-refractivity contribution in [2.45, 2.75) is 27.7 Å². The van der Waals surface area contributed by atoms with Crippen LogP contribution in [0.15, 0.2) is 9.51 Å². The molecule has 0 aromatic carbocycles. The molecule has 0 amide bonds. The van der Waals surface area contributed by atoms with Crippen molar-refractivity contribution in [1.29, 1.82) is 0 Å². The highest BCUT2D eigenvalue weighted by atomic mass is 79.9. The van der Waals surface area contributed by atoms with Crippen LogP contribution in [0.4, 0.5) is 0 Å². The predicted octanol–water partition coefficient (Wildman–Crippen LogP) is 3.23. The normalized spacial score (nSPS) is 12.4. The van der Waals surface area contributed by atoms with Crippen LogP contribution in [0.3, 0.4) is 0 Å². The van der Waals surface area contributed by atoms with Crippen molar-refractivity contribution < 1.29 is 19.1 Å². The van der Waals surface area contributed by atoms with Crippen LogP contribution in [-0.2, 0) is 19.1 Å². The highest BCUT2D eigenvalue weighted by molar-refractivity contribution is 9.12. The van der Waals surface area contributed by atoms with Gasteiger partial charge in [-0.1, -0.05) is 39.3 Å². The second kappa shape index (κ2) is 8.53. The van der Waals surface area contributed by atoms with Gasteiger partial charge in [0.05, 0.1) is 13.2 Å². The van der Waals surface area contributed by atoms with Crippen LogP contribution in [-0.4, -0.2) is 25.2 Å². The van der Waals surface area contributed by atoms with Gasteiger partial charge in [-0.15, -0.1) is 0 Å². The van der Waals surface area contributed by atoms with E-state index < -0.39 is 11.9 Å². The lowest BCUT2D eigenvalue weighted by Crippen LogP contribution is -2.15. The van der Waals surface area contributed by atoms with Crippen molar-refractivity contribution in [1.82, 2.24) is 0 Å². The molecule has 0 radical (unpaired) electrons. The lowest BCUT2D eigenvalue weighted by atomic mass is 10.2. The minimum absolute atomic E-state index is 0.112. The van der Waals surface area contributed by atoms with Gasteiger partial charge in [-0.25, -0.2) is 9.59 Å². The van der Waals surface area contributed by atoms with Gasteiger partial charge >= 0.3 is 11.9 Å². The lowest BCUT2D eigenvalue weighted by Gasteiger charge is -2.09. The van der Waals surface area contributed by atoms with Crippen LogP contribution in [0.25, 0.3) is 0 Å². The summed E-state index contributed by atoms with van der Waals surface area (Å²) in [6.07, 6.45) is 0. The minimum atomic E-state index is -0.737. The molecule has 0 aliphatic heterocycles. The number of esters is 2. The molecule has 104 valence electrons. The van der Waals surface area contributed by atoms with Gasteiger partial charge in [-0.3, -0.25) is 0 Å². The zero-order valence-corrected chi connectivity index (χ0v) is 13.3.